The van der Waals surface area contributed by atoms with Crippen molar-refractivity contribution in [2.24, 2.45) is 0 Å². The van der Waals surface area contributed by atoms with Gasteiger partial charge in [0.15, 0.2) is 0 Å². The van der Waals surface area contributed by atoms with Crippen LogP contribution in [0, 0.1) is 5.82 Å². The lowest BCUT2D eigenvalue weighted by molar-refractivity contribution is -0.117. The lowest BCUT2D eigenvalue weighted by atomic mass is 10.1. The van der Waals surface area contributed by atoms with Crippen molar-refractivity contribution in [3.8, 4) is 11.4 Å². The predicted molar refractivity (Wildman–Crippen MR) is 124 cm³/mol. The van der Waals surface area contributed by atoms with Gasteiger partial charge in [-0.15, -0.1) is 0 Å². The lowest BCUT2D eigenvalue weighted by Gasteiger charge is -2.32. The fraction of sp³-hybridized carbons (Fsp3) is 0.333. The number of carbonyl (C=O) groups is 2. The van der Waals surface area contributed by atoms with Crippen molar-refractivity contribution in [1.29, 1.82) is 0 Å². The number of benzene rings is 2. The second kappa shape index (κ2) is 10.9. The third kappa shape index (κ3) is 6.38. The minimum atomic E-state index is -0.497. The van der Waals surface area contributed by atoms with Gasteiger partial charge in [-0.2, -0.15) is 4.98 Å². The summed E-state index contributed by atoms with van der Waals surface area (Å²) in [5, 5.41) is 12.6. The molecule has 0 radical (unpaired) electrons. The largest absolute Gasteiger partial charge is 0.337 e. The maximum atomic E-state index is 13.1. The summed E-state index contributed by atoms with van der Waals surface area (Å²) in [6.45, 7) is 3.49. The number of aromatic nitrogens is 2. The van der Waals surface area contributed by atoms with Crippen molar-refractivity contribution >= 4 is 17.6 Å². The number of para-hydroxylation sites is 1. The van der Waals surface area contributed by atoms with Crippen molar-refractivity contribution in [3.05, 3.63) is 66.3 Å². The van der Waals surface area contributed by atoms with E-state index in [-0.39, 0.29) is 29.7 Å². The van der Waals surface area contributed by atoms with Crippen LogP contribution >= 0.6 is 0 Å². The summed E-state index contributed by atoms with van der Waals surface area (Å²) in [7, 11) is 0. The number of nitrogens with zero attached hydrogens (tertiary/aromatic N) is 3. The van der Waals surface area contributed by atoms with Gasteiger partial charge in [0.2, 0.25) is 17.6 Å². The number of halogens is 1. The Bertz CT molecular complexity index is 1100. The van der Waals surface area contributed by atoms with Gasteiger partial charge in [-0.05, 0) is 56.2 Å². The average molecular weight is 467 g/mol. The lowest BCUT2D eigenvalue weighted by Crippen LogP contribution is -2.49. The highest BCUT2D eigenvalue weighted by molar-refractivity contribution is 5.92. The summed E-state index contributed by atoms with van der Waals surface area (Å²) in [5.74, 6) is 0.186. The first-order valence-electron chi connectivity index (χ1n) is 11.2. The SMILES string of the molecule is CC(NC(=O)NC1CCN(CC(=O)Nc2ccccc2)CC1)c1nc(-c2ccc(F)cc2)no1. The van der Waals surface area contributed by atoms with E-state index in [1.165, 1.54) is 12.1 Å². The van der Waals surface area contributed by atoms with Crippen LogP contribution in [0.15, 0.2) is 59.1 Å². The van der Waals surface area contributed by atoms with E-state index >= 15 is 0 Å². The van der Waals surface area contributed by atoms with Gasteiger partial charge < -0.3 is 20.5 Å². The van der Waals surface area contributed by atoms with E-state index in [1.54, 1.807) is 19.1 Å². The van der Waals surface area contributed by atoms with Crippen molar-refractivity contribution in [2.75, 3.05) is 25.0 Å². The molecular weight excluding hydrogens is 439 g/mol. The zero-order valence-electron chi connectivity index (χ0n) is 18.8. The van der Waals surface area contributed by atoms with Crippen molar-refractivity contribution in [2.45, 2.75) is 31.8 Å². The van der Waals surface area contributed by atoms with E-state index in [9.17, 15) is 14.0 Å². The van der Waals surface area contributed by atoms with Crippen LogP contribution in [0.25, 0.3) is 11.4 Å². The molecule has 34 heavy (non-hydrogen) atoms. The minimum absolute atomic E-state index is 0.0121. The monoisotopic (exact) mass is 466 g/mol. The standard InChI is InChI=1S/C24H27FN6O3/c1-16(23-29-22(30-34-23)17-7-9-18(25)10-8-17)26-24(33)28-20-11-13-31(14-12-20)15-21(32)27-19-5-3-2-4-6-19/h2-10,16,20H,11-15H2,1H3,(H,27,32)(H2,26,28,33). The molecule has 1 aliphatic rings. The molecule has 0 aliphatic carbocycles. The Morgan fingerprint density at radius 2 is 1.82 bits per heavy atom. The summed E-state index contributed by atoms with van der Waals surface area (Å²) in [6.07, 6.45) is 1.49. The molecule has 10 heteroatoms. The van der Waals surface area contributed by atoms with Crippen molar-refractivity contribution in [1.82, 2.24) is 25.7 Å². The normalized spacial score (nSPS) is 15.5. The van der Waals surface area contributed by atoms with Gasteiger partial charge in [0.1, 0.15) is 11.9 Å². The highest BCUT2D eigenvalue weighted by Crippen LogP contribution is 2.19. The number of hydrogen-bond acceptors (Lipinski definition) is 6. The summed E-state index contributed by atoms with van der Waals surface area (Å²) in [4.78, 5) is 31.0. The smallest absolute Gasteiger partial charge is 0.315 e. The molecule has 4 rings (SSSR count). The summed E-state index contributed by atoms with van der Waals surface area (Å²) >= 11 is 0. The van der Waals surface area contributed by atoms with Crippen LogP contribution in [0.1, 0.15) is 31.7 Å². The maximum absolute atomic E-state index is 13.1. The average Bonchev–Trinajstić information content (AvgIpc) is 3.32. The molecule has 3 aromatic rings. The molecule has 1 saturated heterocycles. The van der Waals surface area contributed by atoms with Crippen LogP contribution < -0.4 is 16.0 Å². The molecule has 1 aromatic heterocycles. The number of amides is 3. The van der Waals surface area contributed by atoms with E-state index in [2.05, 4.69) is 31.0 Å². The first kappa shape index (κ1) is 23.4. The van der Waals surface area contributed by atoms with Crippen LogP contribution in [0.3, 0.4) is 0 Å². The second-order valence-electron chi connectivity index (χ2n) is 8.27. The van der Waals surface area contributed by atoms with Crippen molar-refractivity contribution in [3.63, 3.8) is 0 Å². The maximum Gasteiger partial charge on any atom is 0.315 e. The summed E-state index contributed by atoms with van der Waals surface area (Å²) < 4.78 is 18.3. The Kier molecular flexibility index (Phi) is 7.48. The third-order valence-electron chi connectivity index (χ3n) is 5.61. The minimum Gasteiger partial charge on any atom is -0.337 e. The number of rotatable bonds is 7. The highest BCUT2D eigenvalue weighted by atomic mass is 19.1. The molecule has 9 nitrogen and oxygen atoms in total. The van der Waals surface area contributed by atoms with Gasteiger partial charge in [0.05, 0.1) is 6.54 Å². The molecule has 1 unspecified atom stereocenters. The first-order chi connectivity index (χ1) is 16.5. The van der Waals surface area contributed by atoms with E-state index in [1.807, 2.05) is 30.3 Å². The fourth-order valence-corrected chi connectivity index (χ4v) is 3.77. The Balaban J connectivity index is 1.19. The molecule has 1 fully saturated rings. The molecule has 3 N–H and O–H groups in total. The fourth-order valence-electron chi connectivity index (χ4n) is 3.77. The third-order valence-corrected chi connectivity index (χ3v) is 5.61. The molecule has 0 spiro atoms. The van der Waals surface area contributed by atoms with Crippen LogP contribution in [0.2, 0.25) is 0 Å². The van der Waals surface area contributed by atoms with Gasteiger partial charge in [-0.1, -0.05) is 23.4 Å². The molecular formula is C24H27FN6O3. The molecule has 178 valence electrons. The number of piperidine rings is 1. The molecule has 1 aliphatic heterocycles. The van der Waals surface area contributed by atoms with Gasteiger partial charge in [-0.3, -0.25) is 9.69 Å². The predicted octanol–water partition coefficient (Wildman–Crippen LogP) is 3.34. The molecule has 3 amide bonds. The molecule has 1 atom stereocenters. The number of anilines is 1. The van der Waals surface area contributed by atoms with Crippen LogP contribution in [0.5, 0.6) is 0 Å². The van der Waals surface area contributed by atoms with Crippen LogP contribution in [-0.2, 0) is 4.79 Å². The van der Waals surface area contributed by atoms with Gasteiger partial charge in [-0.25, -0.2) is 9.18 Å². The molecule has 0 bridgehead atoms. The molecule has 2 heterocycles. The number of likely N-dealkylation sites (tertiary alicyclic amines) is 1. The Hall–Kier alpha value is -3.79. The first-order valence-corrected chi connectivity index (χ1v) is 11.2. The molecule has 2 aromatic carbocycles. The van der Waals surface area contributed by atoms with Crippen LogP contribution in [0.4, 0.5) is 14.9 Å². The van der Waals surface area contributed by atoms with E-state index in [0.29, 0.717) is 31.0 Å². The Labute approximate surface area is 196 Å². The van der Waals surface area contributed by atoms with Gasteiger partial charge in [0.25, 0.3) is 0 Å². The molecule has 0 saturated carbocycles. The highest BCUT2D eigenvalue weighted by Gasteiger charge is 2.24. The second-order valence-corrected chi connectivity index (χ2v) is 8.27. The number of hydrogen-bond donors (Lipinski definition) is 3. The van der Waals surface area contributed by atoms with Gasteiger partial charge >= 0.3 is 6.03 Å². The van der Waals surface area contributed by atoms with Crippen LogP contribution in [-0.4, -0.2) is 52.7 Å². The topological polar surface area (TPSA) is 112 Å². The van der Waals surface area contributed by atoms with Gasteiger partial charge in [0, 0.05) is 30.4 Å². The zero-order chi connectivity index (χ0) is 23.9. The van der Waals surface area contributed by atoms with Crippen molar-refractivity contribution < 1.29 is 18.5 Å². The number of carbonyl (C=O) groups excluding carboxylic acids is 2. The van der Waals surface area contributed by atoms with E-state index < -0.39 is 6.04 Å². The summed E-state index contributed by atoms with van der Waals surface area (Å²) in [5.41, 5.74) is 1.40. The number of urea groups is 1. The zero-order valence-corrected chi connectivity index (χ0v) is 18.8. The summed E-state index contributed by atoms with van der Waals surface area (Å²) in [6, 6.07) is 14.3. The quantitative estimate of drug-likeness (QED) is 0.492. The Morgan fingerprint density at radius 3 is 2.53 bits per heavy atom. The van der Waals surface area contributed by atoms with E-state index in [0.717, 1.165) is 18.5 Å². The number of nitrogens with one attached hydrogen (secondary N) is 3. The van der Waals surface area contributed by atoms with E-state index in [4.69, 9.17) is 4.52 Å². The Morgan fingerprint density at radius 1 is 1.12 bits per heavy atom.